The Morgan fingerprint density at radius 2 is 2.04 bits per heavy atom. The van der Waals surface area contributed by atoms with E-state index < -0.39 is 35.8 Å². The molecule has 1 amide bonds. The minimum atomic E-state index is -1.13. The molecule has 0 spiro atoms. The second kappa shape index (κ2) is 9.56. The van der Waals surface area contributed by atoms with Crippen LogP contribution in [0.3, 0.4) is 0 Å². The van der Waals surface area contributed by atoms with Gasteiger partial charge in [0.1, 0.15) is 12.2 Å². The van der Waals surface area contributed by atoms with Gasteiger partial charge in [-0.15, -0.1) is 0 Å². The predicted octanol–water partition coefficient (Wildman–Crippen LogP) is 1.80. The average molecular weight is 371 g/mol. The van der Waals surface area contributed by atoms with Gasteiger partial charge in [0.25, 0.3) is 0 Å². The summed E-state index contributed by atoms with van der Waals surface area (Å²) in [6, 6.07) is -0.688. The van der Waals surface area contributed by atoms with E-state index in [0.29, 0.717) is 12.0 Å². The molecule has 148 valence electrons. The average Bonchev–Trinajstić information content (AvgIpc) is 2.87. The number of carbonyl (C=O) groups excluding carboxylic acids is 3. The van der Waals surface area contributed by atoms with Crippen molar-refractivity contribution in [2.75, 3.05) is 19.8 Å². The maximum absolute atomic E-state index is 11.9. The van der Waals surface area contributed by atoms with Crippen LogP contribution in [-0.2, 0) is 23.8 Å². The zero-order valence-corrected chi connectivity index (χ0v) is 16.1. The van der Waals surface area contributed by atoms with Gasteiger partial charge in [0.2, 0.25) is 0 Å². The van der Waals surface area contributed by atoms with Gasteiger partial charge < -0.3 is 19.3 Å². The van der Waals surface area contributed by atoms with Crippen LogP contribution in [0.15, 0.2) is 11.6 Å². The molecule has 0 aliphatic carbocycles. The molecule has 1 N–H and O–H groups in total. The maximum atomic E-state index is 11.9. The van der Waals surface area contributed by atoms with E-state index in [2.05, 4.69) is 0 Å². The molecule has 0 bridgehead atoms. The third-order valence-corrected chi connectivity index (χ3v) is 3.71. The lowest BCUT2D eigenvalue weighted by Gasteiger charge is -2.26. The van der Waals surface area contributed by atoms with Crippen LogP contribution in [0.5, 0.6) is 0 Å². The first-order valence-corrected chi connectivity index (χ1v) is 8.78. The van der Waals surface area contributed by atoms with Crippen LogP contribution < -0.4 is 0 Å². The summed E-state index contributed by atoms with van der Waals surface area (Å²) in [5.74, 6) is -0.992. The van der Waals surface area contributed by atoms with Crippen LogP contribution >= 0.6 is 0 Å². The molecule has 1 fully saturated rings. The summed E-state index contributed by atoms with van der Waals surface area (Å²) in [5.41, 5.74) is -0.219. The van der Waals surface area contributed by atoms with Crippen LogP contribution in [-0.4, -0.2) is 65.5 Å². The molecule has 1 aliphatic heterocycles. The van der Waals surface area contributed by atoms with E-state index in [-0.39, 0.29) is 26.2 Å². The first kappa shape index (κ1) is 22.0. The fraction of sp³-hybridized carbons (Fsp3) is 0.722. The van der Waals surface area contributed by atoms with Crippen LogP contribution in [0, 0.1) is 0 Å². The lowest BCUT2D eigenvalue weighted by molar-refractivity contribution is -0.157. The number of nitrogens with zero attached hydrogens (tertiary/aromatic N) is 1. The van der Waals surface area contributed by atoms with Gasteiger partial charge in [0.15, 0.2) is 0 Å². The van der Waals surface area contributed by atoms with Gasteiger partial charge in [0, 0.05) is 12.1 Å². The molecule has 0 aromatic rings. The smallest absolute Gasteiger partial charge is 0.410 e. The molecule has 1 heterocycles. The van der Waals surface area contributed by atoms with Crippen molar-refractivity contribution in [2.24, 2.45) is 0 Å². The van der Waals surface area contributed by atoms with Gasteiger partial charge in [0.05, 0.1) is 25.2 Å². The highest BCUT2D eigenvalue weighted by atomic mass is 16.6. The summed E-state index contributed by atoms with van der Waals surface area (Å²) in [4.78, 5) is 36.9. The first-order chi connectivity index (χ1) is 12.1. The Labute approximate surface area is 154 Å². The molecular formula is C18H29NO7. The number of amides is 1. The van der Waals surface area contributed by atoms with E-state index >= 15 is 0 Å². The number of esters is 2. The Kier molecular flexibility index (Phi) is 8.08. The van der Waals surface area contributed by atoms with Crippen LogP contribution in [0.2, 0.25) is 0 Å². The topological polar surface area (TPSA) is 102 Å². The summed E-state index contributed by atoms with van der Waals surface area (Å²) in [6.07, 6.45) is 0.0493. The maximum Gasteiger partial charge on any atom is 0.410 e. The van der Waals surface area contributed by atoms with Crippen molar-refractivity contribution in [1.29, 1.82) is 0 Å². The van der Waals surface area contributed by atoms with Crippen LogP contribution in [0.4, 0.5) is 4.79 Å². The van der Waals surface area contributed by atoms with Crippen molar-refractivity contribution in [3.63, 3.8) is 0 Å². The Hall–Kier alpha value is -2.09. The minimum absolute atomic E-state index is 0.0303. The molecule has 1 unspecified atom stereocenters. The molecule has 0 radical (unpaired) electrons. The lowest BCUT2D eigenvalue weighted by atomic mass is 10.1. The molecule has 1 saturated heterocycles. The van der Waals surface area contributed by atoms with E-state index in [1.54, 1.807) is 40.7 Å². The Balaban J connectivity index is 2.75. The molecule has 1 aliphatic rings. The zero-order valence-electron chi connectivity index (χ0n) is 16.1. The Bertz CT molecular complexity index is 550. The Morgan fingerprint density at radius 1 is 1.38 bits per heavy atom. The third-order valence-electron chi connectivity index (χ3n) is 3.71. The van der Waals surface area contributed by atoms with Crippen molar-refractivity contribution in [3.05, 3.63) is 11.6 Å². The van der Waals surface area contributed by atoms with Gasteiger partial charge in [-0.05, 0) is 34.1 Å². The molecule has 8 nitrogen and oxygen atoms in total. The third kappa shape index (κ3) is 6.67. The number of aliphatic hydroxyl groups excluding tert-OH is 1. The standard InChI is InChI=1S/C18H29NO7/c1-6-12(16(22)24-7-2)8-9-19-13(11-25-17(19)23)14(20)10-15(21)26-18(3,4)5/h8,13-14,20H,6-7,9-11H2,1-5H3/b12-8+/t13-,14?/m1/s1. The van der Waals surface area contributed by atoms with E-state index in [1.165, 1.54) is 4.90 Å². The molecule has 0 aromatic heterocycles. The van der Waals surface area contributed by atoms with E-state index in [9.17, 15) is 19.5 Å². The van der Waals surface area contributed by atoms with Gasteiger partial charge in [-0.2, -0.15) is 0 Å². The summed E-state index contributed by atoms with van der Waals surface area (Å²) in [6.45, 7) is 9.04. The molecule has 0 saturated carbocycles. The SMILES string of the molecule is CCOC(=O)/C(=C/CN1C(=O)OC[C@@H]1C(O)CC(=O)OC(C)(C)C)CC. The predicted molar refractivity (Wildman–Crippen MR) is 93.3 cm³/mol. The molecular weight excluding hydrogens is 342 g/mol. The Morgan fingerprint density at radius 3 is 2.58 bits per heavy atom. The van der Waals surface area contributed by atoms with E-state index in [0.717, 1.165) is 0 Å². The number of ether oxygens (including phenoxy) is 3. The molecule has 8 heteroatoms. The normalized spacial score (nSPS) is 19.2. The number of carbonyl (C=O) groups is 3. The largest absolute Gasteiger partial charge is 0.463 e. The zero-order chi connectivity index (χ0) is 19.9. The number of cyclic esters (lactones) is 1. The molecule has 1 rings (SSSR count). The first-order valence-electron chi connectivity index (χ1n) is 8.78. The van der Waals surface area contributed by atoms with Gasteiger partial charge >= 0.3 is 18.0 Å². The second-order valence-electron chi connectivity index (χ2n) is 6.96. The molecule has 2 atom stereocenters. The van der Waals surface area contributed by atoms with Gasteiger partial charge in [-0.25, -0.2) is 9.59 Å². The number of hydrogen-bond donors (Lipinski definition) is 1. The van der Waals surface area contributed by atoms with E-state index in [4.69, 9.17) is 14.2 Å². The fourth-order valence-electron chi connectivity index (χ4n) is 2.49. The monoisotopic (exact) mass is 371 g/mol. The number of rotatable bonds is 8. The van der Waals surface area contributed by atoms with Crippen molar-refractivity contribution < 1.29 is 33.7 Å². The van der Waals surface area contributed by atoms with Crippen LogP contribution in [0.1, 0.15) is 47.5 Å². The highest BCUT2D eigenvalue weighted by molar-refractivity contribution is 5.88. The summed E-state index contributed by atoms with van der Waals surface area (Å²) >= 11 is 0. The number of hydrogen-bond acceptors (Lipinski definition) is 7. The van der Waals surface area contributed by atoms with Crippen molar-refractivity contribution in [3.8, 4) is 0 Å². The van der Waals surface area contributed by atoms with Crippen LogP contribution in [0.25, 0.3) is 0 Å². The quantitative estimate of drug-likeness (QED) is 0.394. The van der Waals surface area contributed by atoms with Crippen molar-refractivity contribution in [1.82, 2.24) is 4.90 Å². The van der Waals surface area contributed by atoms with Crippen molar-refractivity contribution in [2.45, 2.75) is 65.2 Å². The fourth-order valence-corrected chi connectivity index (χ4v) is 2.49. The molecule has 0 aromatic carbocycles. The highest BCUT2D eigenvalue weighted by Crippen LogP contribution is 2.20. The highest BCUT2D eigenvalue weighted by Gasteiger charge is 2.38. The lowest BCUT2D eigenvalue weighted by Crippen LogP contribution is -2.43. The molecule has 26 heavy (non-hydrogen) atoms. The van der Waals surface area contributed by atoms with E-state index in [1.807, 2.05) is 0 Å². The minimum Gasteiger partial charge on any atom is -0.463 e. The van der Waals surface area contributed by atoms with Gasteiger partial charge in [-0.1, -0.05) is 13.0 Å². The number of aliphatic hydroxyl groups is 1. The summed E-state index contributed by atoms with van der Waals surface area (Å²) in [5, 5.41) is 10.3. The second-order valence-corrected chi connectivity index (χ2v) is 6.96. The summed E-state index contributed by atoms with van der Waals surface area (Å²) < 4.78 is 15.1. The van der Waals surface area contributed by atoms with Crippen molar-refractivity contribution >= 4 is 18.0 Å². The summed E-state index contributed by atoms with van der Waals surface area (Å²) in [7, 11) is 0. The van der Waals surface area contributed by atoms with Gasteiger partial charge in [-0.3, -0.25) is 9.69 Å².